The van der Waals surface area contributed by atoms with E-state index < -0.39 is 10.3 Å². The number of dihydropyridines is 1. The molecule has 0 amide bonds. The second-order valence-corrected chi connectivity index (χ2v) is 12.5. The van der Waals surface area contributed by atoms with Crippen molar-refractivity contribution in [3.63, 3.8) is 0 Å². The Hall–Kier alpha value is -5.09. The second-order valence-electron chi connectivity index (χ2n) is 12.5. The number of para-hydroxylation sites is 2. The lowest BCUT2D eigenvalue weighted by atomic mass is 9.23. The molecule has 48 heavy (non-hydrogen) atoms. The molecule has 0 unspecified atom stereocenters. The van der Waals surface area contributed by atoms with E-state index in [1.165, 1.54) is 43.8 Å². The van der Waals surface area contributed by atoms with Gasteiger partial charge in [-0.15, -0.1) is 5.11 Å². The molecule has 1 aliphatic rings. The zero-order valence-electron chi connectivity index (χ0n) is 26.3. The Balaban J connectivity index is 1.32. The van der Waals surface area contributed by atoms with E-state index in [0.29, 0.717) is 5.52 Å². The minimum Gasteiger partial charge on any atom is -0.387 e. The molecule has 6 aromatic carbocycles. The fourth-order valence-electron chi connectivity index (χ4n) is 6.82. The van der Waals surface area contributed by atoms with Gasteiger partial charge in [-0.2, -0.15) is 0 Å². The fraction of sp³-hybridized carbons (Fsp3) is 0.0750. The minimum absolute atomic E-state index is 0.266. The monoisotopic (exact) mass is 603 g/mol. The maximum atomic E-state index is 6.49. The smallest absolute Gasteiger partial charge is 0.101 e. The van der Waals surface area contributed by atoms with E-state index in [9.17, 15) is 0 Å². The molecule has 0 saturated carbocycles. The van der Waals surface area contributed by atoms with Crippen molar-refractivity contribution in [2.75, 3.05) is 6.54 Å². The van der Waals surface area contributed by atoms with Crippen molar-refractivity contribution in [2.45, 2.75) is 10.3 Å². The highest BCUT2D eigenvalue weighted by atomic mass is 15.1. The van der Waals surface area contributed by atoms with Crippen LogP contribution in [0.25, 0.3) is 66.1 Å². The zero-order valence-corrected chi connectivity index (χ0v) is 26.3. The average Bonchev–Trinajstić information content (AvgIpc) is 3.51. The van der Waals surface area contributed by atoms with Gasteiger partial charge in [0.1, 0.15) is 5.82 Å². The molecule has 8 rings (SSSR count). The molecule has 0 saturated heterocycles. The quantitative estimate of drug-likeness (QED) is 0.161. The first-order chi connectivity index (χ1) is 23.2. The van der Waals surface area contributed by atoms with Crippen LogP contribution in [0, 0.1) is 0 Å². The summed E-state index contributed by atoms with van der Waals surface area (Å²) >= 11 is 0. The lowest BCUT2D eigenvalue weighted by Crippen LogP contribution is -2.45. The van der Waals surface area contributed by atoms with Gasteiger partial charge in [0.15, 0.2) is 0 Å². The molecule has 8 heteroatoms. The van der Waals surface area contributed by atoms with Crippen molar-refractivity contribution >= 4 is 77.4 Å². The van der Waals surface area contributed by atoms with Crippen molar-refractivity contribution < 1.29 is 0 Å². The van der Waals surface area contributed by atoms with E-state index in [4.69, 9.17) is 44.2 Å². The summed E-state index contributed by atoms with van der Waals surface area (Å²) in [4.78, 5) is 4.73. The van der Waals surface area contributed by atoms with Gasteiger partial charge in [0.2, 0.25) is 0 Å². The molecule has 0 bridgehead atoms. The molecule has 1 N–H and O–H groups in total. The van der Waals surface area contributed by atoms with Gasteiger partial charge < -0.3 is 5.32 Å². The van der Waals surface area contributed by atoms with Gasteiger partial charge in [0.25, 0.3) is 0 Å². The highest BCUT2D eigenvalue weighted by Gasteiger charge is 2.36. The van der Waals surface area contributed by atoms with Crippen LogP contribution in [0.3, 0.4) is 0 Å². The summed E-state index contributed by atoms with van der Waals surface area (Å²) < 4.78 is 1.87. The number of rotatable bonds is 6. The molecule has 10 radical (unpaired) electrons. The summed E-state index contributed by atoms with van der Waals surface area (Å²) in [5.74, 6) is 0.266. The normalized spacial score (nSPS) is 13.5. The molecule has 0 atom stereocenters. The molecule has 7 aromatic rings. The highest BCUT2D eigenvalue weighted by molar-refractivity contribution is 6.67. The molecule has 0 fully saturated rings. The number of imidazole rings is 1. The summed E-state index contributed by atoms with van der Waals surface area (Å²) in [6.45, 7) is 0.801. The minimum atomic E-state index is -1.92. The molecule has 216 valence electrons. The number of nitrogens with one attached hydrogen (secondary N) is 1. The number of fused-ring (bicyclic) bond motifs is 3. The second kappa shape index (κ2) is 11.6. The number of hydrogen-bond acceptors (Lipinski definition) is 2. The zero-order chi connectivity index (χ0) is 33.0. The predicted molar refractivity (Wildman–Crippen MR) is 205 cm³/mol. The lowest BCUT2D eigenvalue weighted by Gasteiger charge is -2.41. The summed E-state index contributed by atoms with van der Waals surface area (Å²) in [7, 11) is 31.2. The largest absolute Gasteiger partial charge is 0.387 e. The molecule has 1 aromatic heterocycles. The first-order valence-electron chi connectivity index (χ1n) is 15.9. The number of benzene rings is 6. The van der Waals surface area contributed by atoms with E-state index in [2.05, 4.69) is 102 Å². The van der Waals surface area contributed by atoms with Crippen LogP contribution in [0.5, 0.6) is 0 Å². The van der Waals surface area contributed by atoms with Crippen LogP contribution in [-0.2, 0) is 5.21 Å². The Morgan fingerprint density at radius 1 is 0.604 bits per heavy atom. The van der Waals surface area contributed by atoms with Gasteiger partial charge >= 0.3 is 0 Å². The SMILES string of the molecule is [B]C([B])([B])C([B])([B])c1nc2ccccc2n1-c1ccc(-c2c3ccccc3c(-c3cccc(C4=CC=CNC4)c3)c3ccccc23)cc1. The third kappa shape index (κ3) is 4.94. The first kappa shape index (κ1) is 30.3. The Morgan fingerprint density at radius 2 is 1.19 bits per heavy atom. The van der Waals surface area contributed by atoms with Gasteiger partial charge in [-0.3, -0.25) is 4.57 Å². The summed E-state index contributed by atoms with van der Waals surface area (Å²) in [5, 5.41) is 4.29. The third-order valence-electron chi connectivity index (χ3n) is 9.32. The van der Waals surface area contributed by atoms with E-state index in [-0.39, 0.29) is 5.82 Å². The van der Waals surface area contributed by atoms with Gasteiger partial charge in [-0.25, -0.2) is 4.98 Å². The Kier molecular flexibility index (Phi) is 7.29. The van der Waals surface area contributed by atoms with Gasteiger partial charge in [0.05, 0.1) is 50.3 Å². The van der Waals surface area contributed by atoms with Crippen LogP contribution in [0.4, 0.5) is 0 Å². The number of aromatic nitrogens is 2. The Morgan fingerprint density at radius 3 is 1.79 bits per heavy atom. The molecule has 3 nitrogen and oxygen atoms in total. The topological polar surface area (TPSA) is 29.9 Å². The summed E-state index contributed by atoms with van der Waals surface area (Å²) in [5.41, 5.74) is 9.40. The van der Waals surface area contributed by atoms with Crippen LogP contribution in [0.15, 0.2) is 140 Å². The Bertz CT molecular complexity index is 2360. The van der Waals surface area contributed by atoms with E-state index in [0.717, 1.165) is 28.9 Å². The van der Waals surface area contributed by atoms with Crippen molar-refractivity contribution in [2.24, 2.45) is 0 Å². The van der Waals surface area contributed by atoms with Crippen LogP contribution in [0.2, 0.25) is 5.11 Å². The molecule has 1 aliphatic heterocycles. The first-order valence-corrected chi connectivity index (χ1v) is 15.9. The van der Waals surface area contributed by atoms with Crippen molar-refractivity contribution in [3.8, 4) is 27.9 Å². The highest BCUT2D eigenvalue weighted by Crippen LogP contribution is 2.44. The summed E-state index contributed by atoms with van der Waals surface area (Å²) in [6.07, 6.45) is 6.20. The molecule has 2 heterocycles. The number of nitrogens with zero attached hydrogens (tertiary/aromatic N) is 2. The van der Waals surface area contributed by atoms with Crippen molar-refractivity contribution in [1.82, 2.24) is 14.9 Å². The van der Waals surface area contributed by atoms with E-state index in [1.54, 1.807) is 0 Å². The average molecular weight is 603 g/mol. The molecule has 0 aliphatic carbocycles. The molecular formula is C40H26B5N3. The maximum absolute atomic E-state index is 6.49. The van der Waals surface area contributed by atoms with Crippen LogP contribution in [-0.4, -0.2) is 55.3 Å². The van der Waals surface area contributed by atoms with Crippen molar-refractivity contribution in [3.05, 3.63) is 151 Å². The summed E-state index contributed by atoms with van der Waals surface area (Å²) in [6, 6.07) is 42.1. The van der Waals surface area contributed by atoms with Gasteiger partial charge in [-0.05, 0) is 97.5 Å². The molecular weight excluding hydrogens is 577 g/mol. The van der Waals surface area contributed by atoms with Crippen LogP contribution < -0.4 is 5.32 Å². The number of allylic oxidation sites excluding steroid dienone is 2. The van der Waals surface area contributed by atoms with Gasteiger partial charge in [-0.1, -0.05) is 102 Å². The van der Waals surface area contributed by atoms with Gasteiger partial charge in [0, 0.05) is 12.2 Å². The Labute approximate surface area is 287 Å². The van der Waals surface area contributed by atoms with Crippen molar-refractivity contribution in [1.29, 1.82) is 0 Å². The fourth-order valence-corrected chi connectivity index (χ4v) is 6.82. The van der Waals surface area contributed by atoms with E-state index in [1.807, 2.05) is 47.2 Å². The third-order valence-corrected chi connectivity index (χ3v) is 9.32. The lowest BCUT2D eigenvalue weighted by molar-refractivity contribution is 0.757. The molecule has 0 spiro atoms. The maximum Gasteiger partial charge on any atom is 0.101 e. The number of hydrogen-bond donors (Lipinski definition) is 1. The standard InChI is InChI=1S/C40H26B5N3/c41-39(42,40(43,44)45)38-47-34-16-5-6-17-35(34)48(38)29-20-18-25(19-21-29)36-30-12-1-3-14-32(30)37(33-15-4-2-13-31(33)36)27-10-7-9-26(23-27)28-11-8-22-46-24-28/h1-23,46H,24H2. The van der Waals surface area contributed by atoms with E-state index >= 15 is 0 Å². The van der Waals surface area contributed by atoms with Crippen LogP contribution >= 0.6 is 0 Å². The van der Waals surface area contributed by atoms with Crippen LogP contribution in [0.1, 0.15) is 11.4 Å². The predicted octanol–water partition coefficient (Wildman–Crippen LogP) is 7.24.